The highest BCUT2D eigenvalue weighted by atomic mass is 19.3. The molecule has 160 valence electrons. The molecule has 5 aromatic rings. The van der Waals surface area contributed by atoms with Gasteiger partial charge in [0.15, 0.2) is 0 Å². The molecule has 0 spiro atoms. The Balaban J connectivity index is 1.75. The summed E-state index contributed by atoms with van der Waals surface area (Å²) < 4.78 is 38.6. The van der Waals surface area contributed by atoms with E-state index in [0.717, 1.165) is 11.1 Å². The van der Waals surface area contributed by atoms with E-state index in [9.17, 15) is 0 Å². The van der Waals surface area contributed by atoms with Crippen molar-refractivity contribution in [2.75, 3.05) is 12.3 Å². The van der Waals surface area contributed by atoms with Crippen molar-refractivity contribution in [1.29, 1.82) is 0 Å². The number of ether oxygens (including phenoxy) is 1. The first-order chi connectivity index (χ1) is 15.5. The van der Waals surface area contributed by atoms with Crippen LogP contribution in [0, 0.1) is 0 Å². The van der Waals surface area contributed by atoms with Crippen molar-refractivity contribution in [2.45, 2.75) is 12.8 Å². The van der Waals surface area contributed by atoms with Gasteiger partial charge in [-0.25, -0.2) is 9.97 Å². The Kier molecular flexibility index (Phi) is 4.74. The third-order valence-corrected chi connectivity index (χ3v) is 5.34. The number of alkyl halides is 2. The van der Waals surface area contributed by atoms with Crippen molar-refractivity contribution < 1.29 is 13.5 Å². The largest absolute Gasteiger partial charge is 0.494 e. The summed E-state index contributed by atoms with van der Waals surface area (Å²) in [4.78, 5) is 8.76. The fourth-order valence-electron chi connectivity index (χ4n) is 3.86. The first kappa shape index (κ1) is 19.9. The lowest BCUT2D eigenvalue weighted by molar-refractivity contribution is 0.0390. The number of para-hydroxylation sites is 2. The van der Waals surface area contributed by atoms with E-state index in [-0.39, 0.29) is 17.0 Å². The number of anilines is 1. The van der Waals surface area contributed by atoms with Gasteiger partial charge < -0.3 is 10.5 Å². The molecule has 0 aliphatic heterocycles. The highest BCUT2D eigenvalue weighted by molar-refractivity contribution is 5.83. The van der Waals surface area contributed by atoms with Crippen LogP contribution in [0.25, 0.3) is 28.1 Å². The quantitative estimate of drug-likeness (QED) is 0.365. The van der Waals surface area contributed by atoms with Crippen LogP contribution in [0.2, 0.25) is 0 Å². The summed E-state index contributed by atoms with van der Waals surface area (Å²) in [6.45, 7) is 2.23. The smallest absolute Gasteiger partial charge is 0.317 e. The van der Waals surface area contributed by atoms with Gasteiger partial charge in [0.05, 0.1) is 28.9 Å². The number of nitrogens with two attached hydrogens (primary N) is 1. The topological polar surface area (TPSA) is 65.4 Å². The van der Waals surface area contributed by atoms with E-state index in [2.05, 4.69) is 9.97 Å². The van der Waals surface area contributed by atoms with Gasteiger partial charge in [0.25, 0.3) is 0 Å². The predicted octanol–water partition coefficient (Wildman–Crippen LogP) is 5.67. The summed E-state index contributed by atoms with van der Waals surface area (Å²) >= 11 is 0. The second-order valence-electron chi connectivity index (χ2n) is 7.39. The molecule has 0 fully saturated rings. The Morgan fingerprint density at radius 1 is 0.938 bits per heavy atom. The SMILES string of the molecule is CCOc1ccc(C(F)(F)c2cc(-c3ccccc3)n3c(n2)nc2ccccc23)c(N)c1. The maximum atomic E-state index is 15.7. The molecule has 3 aromatic carbocycles. The molecule has 0 unspecified atom stereocenters. The molecule has 0 atom stereocenters. The molecule has 0 saturated carbocycles. The number of halogens is 2. The van der Waals surface area contributed by atoms with Crippen LogP contribution in [0.4, 0.5) is 14.5 Å². The van der Waals surface area contributed by atoms with Gasteiger partial charge in [-0.05, 0) is 42.8 Å². The van der Waals surface area contributed by atoms with Gasteiger partial charge in [0.2, 0.25) is 5.78 Å². The van der Waals surface area contributed by atoms with Gasteiger partial charge in [-0.1, -0.05) is 42.5 Å². The summed E-state index contributed by atoms with van der Waals surface area (Å²) in [7, 11) is 0. The first-order valence-corrected chi connectivity index (χ1v) is 10.2. The minimum Gasteiger partial charge on any atom is -0.494 e. The van der Waals surface area contributed by atoms with Crippen LogP contribution in [0.15, 0.2) is 78.9 Å². The van der Waals surface area contributed by atoms with Crippen molar-refractivity contribution in [2.24, 2.45) is 0 Å². The van der Waals surface area contributed by atoms with Crippen molar-refractivity contribution in [1.82, 2.24) is 14.4 Å². The zero-order valence-electron chi connectivity index (χ0n) is 17.3. The predicted molar refractivity (Wildman–Crippen MR) is 121 cm³/mol. The molecule has 0 aliphatic carbocycles. The average molecular weight is 430 g/mol. The number of nitrogens with zero attached hydrogens (tertiary/aromatic N) is 3. The summed E-state index contributed by atoms with van der Waals surface area (Å²) in [6, 6.07) is 22.4. The van der Waals surface area contributed by atoms with Crippen LogP contribution in [-0.2, 0) is 5.92 Å². The Morgan fingerprint density at radius 3 is 2.44 bits per heavy atom. The molecule has 2 aromatic heterocycles. The standard InChI is InChI=1S/C25H20F2N4O/c1-2-32-17-12-13-18(19(28)14-17)25(26,27)23-15-22(16-8-4-3-5-9-16)31-21-11-7-6-10-20(21)29-24(31)30-23/h3-15H,2,28H2,1H3. The second kappa shape index (κ2) is 7.60. The van der Waals surface area contributed by atoms with Crippen LogP contribution in [-0.4, -0.2) is 21.0 Å². The van der Waals surface area contributed by atoms with Gasteiger partial charge in [0, 0.05) is 11.8 Å². The molecule has 0 radical (unpaired) electrons. The van der Waals surface area contributed by atoms with Gasteiger partial charge in [-0.3, -0.25) is 4.40 Å². The molecular weight excluding hydrogens is 410 g/mol. The van der Waals surface area contributed by atoms with E-state index < -0.39 is 11.6 Å². The van der Waals surface area contributed by atoms with Crippen LogP contribution >= 0.6 is 0 Å². The van der Waals surface area contributed by atoms with E-state index >= 15 is 8.78 Å². The number of fused-ring (bicyclic) bond motifs is 3. The maximum Gasteiger partial charge on any atom is 0.317 e. The van der Waals surface area contributed by atoms with Crippen molar-refractivity contribution in [3.8, 4) is 17.0 Å². The molecule has 5 rings (SSSR count). The zero-order valence-corrected chi connectivity index (χ0v) is 17.3. The minimum atomic E-state index is -3.43. The Hall–Kier alpha value is -4.00. The minimum absolute atomic E-state index is 0.0580. The average Bonchev–Trinajstić information content (AvgIpc) is 3.18. The number of imidazole rings is 1. The number of nitrogen functional groups attached to an aromatic ring is 1. The van der Waals surface area contributed by atoms with Crippen LogP contribution in [0.3, 0.4) is 0 Å². The molecule has 0 aliphatic rings. The molecule has 2 N–H and O–H groups in total. The van der Waals surface area contributed by atoms with Gasteiger partial charge in [0.1, 0.15) is 11.4 Å². The van der Waals surface area contributed by atoms with Crippen LogP contribution in [0.5, 0.6) is 5.75 Å². The fourth-order valence-corrected chi connectivity index (χ4v) is 3.86. The van der Waals surface area contributed by atoms with Gasteiger partial charge in [-0.15, -0.1) is 0 Å². The Morgan fingerprint density at radius 2 is 1.69 bits per heavy atom. The molecule has 0 saturated heterocycles. The van der Waals surface area contributed by atoms with Gasteiger partial charge >= 0.3 is 5.92 Å². The van der Waals surface area contributed by atoms with E-state index in [0.29, 0.717) is 23.6 Å². The number of hydrogen-bond acceptors (Lipinski definition) is 4. The second-order valence-corrected chi connectivity index (χ2v) is 7.39. The number of benzene rings is 3. The van der Waals surface area contributed by atoms with Crippen molar-refractivity contribution in [3.63, 3.8) is 0 Å². The molecule has 7 heteroatoms. The van der Waals surface area contributed by atoms with Crippen molar-refractivity contribution in [3.05, 3.63) is 90.1 Å². The third kappa shape index (κ3) is 3.22. The Bertz CT molecular complexity index is 1430. The Labute approximate surface area is 183 Å². The van der Waals surface area contributed by atoms with E-state index in [1.807, 2.05) is 61.5 Å². The summed E-state index contributed by atoms with van der Waals surface area (Å²) in [5.41, 5.74) is 8.01. The summed E-state index contributed by atoms with van der Waals surface area (Å²) in [5.74, 6) is -2.79. The summed E-state index contributed by atoms with van der Waals surface area (Å²) in [6.07, 6.45) is 0. The molecule has 0 bridgehead atoms. The lowest BCUT2D eigenvalue weighted by Gasteiger charge is -2.20. The van der Waals surface area contributed by atoms with Crippen molar-refractivity contribution >= 4 is 22.5 Å². The maximum absolute atomic E-state index is 15.7. The number of aromatic nitrogens is 3. The van der Waals surface area contributed by atoms with Crippen LogP contribution < -0.4 is 10.5 Å². The van der Waals surface area contributed by atoms with E-state index in [1.165, 1.54) is 24.3 Å². The molecular formula is C25H20F2N4O. The molecule has 2 heterocycles. The first-order valence-electron chi connectivity index (χ1n) is 10.2. The highest BCUT2D eigenvalue weighted by Gasteiger charge is 2.39. The number of rotatable bonds is 5. The van der Waals surface area contributed by atoms with Gasteiger partial charge in [-0.2, -0.15) is 8.78 Å². The van der Waals surface area contributed by atoms with E-state index in [4.69, 9.17) is 10.5 Å². The monoisotopic (exact) mass is 430 g/mol. The number of hydrogen-bond donors (Lipinski definition) is 1. The fraction of sp³-hybridized carbons (Fsp3) is 0.120. The van der Waals surface area contributed by atoms with E-state index in [1.54, 1.807) is 4.40 Å². The lowest BCUT2D eigenvalue weighted by atomic mass is 10.0. The molecule has 32 heavy (non-hydrogen) atoms. The zero-order chi connectivity index (χ0) is 22.3. The molecule has 5 nitrogen and oxygen atoms in total. The highest BCUT2D eigenvalue weighted by Crippen LogP contribution is 2.40. The summed E-state index contributed by atoms with van der Waals surface area (Å²) in [5, 5.41) is 0. The van der Waals surface area contributed by atoms with Crippen LogP contribution in [0.1, 0.15) is 18.2 Å². The molecule has 0 amide bonds. The lowest BCUT2D eigenvalue weighted by Crippen LogP contribution is -2.20. The third-order valence-electron chi connectivity index (χ3n) is 5.34. The normalized spacial score (nSPS) is 11.8.